The van der Waals surface area contributed by atoms with Crippen molar-refractivity contribution in [2.24, 2.45) is 0 Å². The molecule has 0 bridgehead atoms. The van der Waals surface area contributed by atoms with Crippen molar-refractivity contribution in [1.82, 2.24) is 15.1 Å². The fraction of sp³-hybridized carbons (Fsp3) is 0.0769. The van der Waals surface area contributed by atoms with E-state index in [1.165, 1.54) is 0 Å². The van der Waals surface area contributed by atoms with Gasteiger partial charge in [-0.3, -0.25) is 0 Å². The highest BCUT2D eigenvalue weighted by Gasteiger charge is 2.39. The largest absolute Gasteiger partial charge is 0.338 e. The van der Waals surface area contributed by atoms with Gasteiger partial charge >= 0.3 is 0 Å². The molecular weight excluding hydrogens is 349 g/mol. The van der Waals surface area contributed by atoms with Gasteiger partial charge in [0, 0.05) is 23.4 Å². The van der Waals surface area contributed by atoms with Gasteiger partial charge in [0.15, 0.2) is 5.69 Å². The number of nitrogens with one attached hydrogen (secondary N) is 1. The standard InChI is InChI=1S/C13H13ClN3O.ClHO4/c14-11-4-6-13(7-5-11)17(18)10-15-9-12-3-1-2-8-16(12)17;2-1(3,4)5/h1-9,15,18H,10H2;(H,2,3,4,5)/q+1;/p-1. The van der Waals surface area contributed by atoms with Crippen molar-refractivity contribution in [3.63, 3.8) is 0 Å². The highest BCUT2D eigenvalue weighted by molar-refractivity contribution is 6.30. The third-order valence-electron chi connectivity index (χ3n) is 3.03. The topological polar surface area (TPSA) is 128 Å². The maximum Gasteiger partial charge on any atom is 0.212 e. The lowest BCUT2D eigenvalue weighted by molar-refractivity contribution is -2.00. The molecule has 2 aliphatic rings. The molecule has 1 aromatic rings. The summed E-state index contributed by atoms with van der Waals surface area (Å²) < 4.78 is 33.6. The van der Waals surface area contributed by atoms with Gasteiger partial charge in [0.25, 0.3) is 0 Å². The monoisotopic (exact) mass is 361 g/mol. The zero-order valence-electron chi connectivity index (χ0n) is 11.6. The van der Waals surface area contributed by atoms with E-state index in [1.807, 2.05) is 42.8 Å². The van der Waals surface area contributed by atoms with E-state index < -0.39 is 10.2 Å². The van der Waals surface area contributed by atoms with E-state index >= 15 is 0 Å². The summed E-state index contributed by atoms with van der Waals surface area (Å²) in [5.74, 6) is 0. The molecule has 23 heavy (non-hydrogen) atoms. The second kappa shape index (κ2) is 6.87. The van der Waals surface area contributed by atoms with Gasteiger partial charge < -0.3 is 5.32 Å². The number of rotatable bonds is 1. The van der Waals surface area contributed by atoms with Crippen LogP contribution in [0.3, 0.4) is 0 Å². The summed E-state index contributed by atoms with van der Waals surface area (Å²) in [6.07, 6.45) is 9.48. The highest BCUT2D eigenvalue weighted by atomic mass is 35.7. The maximum absolute atomic E-state index is 10.9. The molecule has 10 heteroatoms. The average Bonchev–Trinajstić information content (AvgIpc) is 2.47. The Bertz CT molecular complexity index is 636. The minimum absolute atomic E-state index is 0.343. The summed E-state index contributed by atoms with van der Waals surface area (Å²) in [5.41, 5.74) is 1.65. The summed E-state index contributed by atoms with van der Waals surface area (Å²) in [6.45, 7) is 0.364. The molecule has 2 aliphatic heterocycles. The summed E-state index contributed by atoms with van der Waals surface area (Å²) in [4.78, 5) is 0. The van der Waals surface area contributed by atoms with E-state index in [9.17, 15) is 5.21 Å². The number of fused-ring (bicyclic) bond motifs is 1. The second-order valence-corrected chi connectivity index (χ2v) is 5.75. The highest BCUT2D eigenvalue weighted by Crippen LogP contribution is 2.30. The first-order valence-corrected chi connectivity index (χ1v) is 7.88. The molecule has 0 saturated heterocycles. The molecule has 0 aliphatic carbocycles. The minimum Gasteiger partial charge on any atom is -0.338 e. The molecule has 1 aromatic carbocycles. The van der Waals surface area contributed by atoms with Crippen LogP contribution in [0.2, 0.25) is 5.02 Å². The molecule has 8 nitrogen and oxygen atoms in total. The number of nitrogens with zero attached hydrogens (tertiary/aromatic N) is 2. The Morgan fingerprint density at radius 3 is 2.35 bits per heavy atom. The van der Waals surface area contributed by atoms with Crippen LogP contribution in [0, 0.1) is 10.2 Å². The van der Waals surface area contributed by atoms with Crippen molar-refractivity contribution in [3.05, 3.63) is 65.6 Å². The number of hydroxylamine groups is 1. The molecule has 2 N–H and O–H groups in total. The maximum atomic E-state index is 10.9. The predicted molar refractivity (Wildman–Crippen MR) is 71.2 cm³/mol. The lowest BCUT2D eigenvalue weighted by atomic mass is 10.2. The molecule has 0 aromatic heterocycles. The van der Waals surface area contributed by atoms with Gasteiger partial charge in [0.2, 0.25) is 6.67 Å². The molecule has 2 heterocycles. The van der Waals surface area contributed by atoms with Crippen LogP contribution in [-0.2, 0) is 0 Å². The van der Waals surface area contributed by atoms with Crippen molar-refractivity contribution in [3.8, 4) is 0 Å². The van der Waals surface area contributed by atoms with Gasteiger partial charge in [0.1, 0.15) is 5.70 Å². The molecule has 0 fully saturated rings. The third kappa shape index (κ3) is 4.67. The first-order chi connectivity index (χ1) is 10.7. The van der Waals surface area contributed by atoms with E-state index in [4.69, 9.17) is 30.2 Å². The molecule has 0 radical (unpaired) electrons. The first-order valence-electron chi connectivity index (χ1n) is 6.27. The van der Waals surface area contributed by atoms with Crippen molar-refractivity contribution >= 4 is 17.3 Å². The smallest absolute Gasteiger partial charge is 0.212 e. The average molecular weight is 362 g/mol. The number of allylic oxidation sites excluding steroid dienone is 3. The second-order valence-electron chi connectivity index (χ2n) is 4.56. The van der Waals surface area contributed by atoms with Crippen molar-refractivity contribution in [2.75, 3.05) is 6.67 Å². The van der Waals surface area contributed by atoms with E-state index in [0.29, 0.717) is 11.7 Å². The van der Waals surface area contributed by atoms with Crippen molar-refractivity contribution in [1.29, 1.82) is 0 Å². The third-order valence-corrected chi connectivity index (χ3v) is 3.28. The molecule has 0 saturated carbocycles. The minimum atomic E-state index is -4.94. The number of quaternary nitrogens is 1. The van der Waals surface area contributed by atoms with Crippen molar-refractivity contribution in [2.45, 2.75) is 0 Å². The SMILES string of the molecule is O[N+]1(c2ccc(Cl)cc2)CNC=C2C=CC=CN21.[O-][Cl+3]([O-])([O-])[O-]. The van der Waals surface area contributed by atoms with Gasteiger partial charge in [-0.2, -0.15) is 10.2 Å². The number of hydrogen-bond acceptors (Lipinski definition) is 7. The Morgan fingerprint density at radius 1 is 1.13 bits per heavy atom. The van der Waals surface area contributed by atoms with E-state index in [0.717, 1.165) is 11.4 Å². The Labute approximate surface area is 139 Å². The zero-order valence-corrected chi connectivity index (χ0v) is 13.1. The Kier molecular flexibility index (Phi) is 5.30. The van der Waals surface area contributed by atoms with E-state index in [1.54, 1.807) is 17.1 Å². The Balaban J connectivity index is 0.000000338. The van der Waals surface area contributed by atoms with Crippen LogP contribution in [0.5, 0.6) is 0 Å². The van der Waals surface area contributed by atoms with Crippen LogP contribution >= 0.6 is 11.6 Å². The van der Waals surface area contributed by atoms with Gasteiger partial charge in [0.05, 0.1) is 6.20 Å². The number of hydrogen-bond donors (Lipinski definition) is 2. The molecule has 3 rings (SSSR count). The lowest BCUT2D eigenvalue weighted by Crippen LogP contribution is -2.68. The number of halogens is 2. The Hall–Kier alpha value is -1.62. The van der Waals surface area contributed by atoms with Gasteiger partial charge in [-0.25, -0.2) is 18.6 Å². The Morgan fingerprint density at radius 2 is 1.74 bits per heavy atom. The van der Waals surface area contributed by atoms with Crippen LogP contribution in [-0.4, -0.2) is 16.9 Å². The van der Waals surface area contributed by atoms with Crippen LogP contribution < -0.4 is 28.7 Å². The normalized spacial score (nSPS) is 22.5. The molecule has 124 valence electrons. The van der Waals surface area contributed by atoms with Crippen molar-refractivity contribution < 1.29 is 34.1 Å². The lowest BCUT2D eigenvalue weighted by Gasteiger charge is -2.41. The molecule has 0 amide bonds. The van der Waals surface area contributed by atoms with Gasteiger partial charge in [-0.05, 0) is 29.0 Å². The van der Waals surface area contributed by atoms with Crippen LogP contribution in [0.4, 0.5) is 5.69 Å². The summed E-state index contributed by atoms with van der Waals surface area (Å²) in [7, 11) is -4.94. The van der Waals surface area contributed by atoms with Crippen LogP contribution in [0.15, 0.2) is 60.6 Å². The van der Waals surface area contributed by atoms with E-state index in [-0.39, 0.29) is 4.76 Å². The first kappa shape index (κ1) is 17.7. The van der Waals surface area contributed by atoms with Crippen LogP contribution in [0.1, 0.15) is 0 Å². The van der Waals surface area contributed by atoms with Gasteiger partial charge in [-0.15, -0.1) is 10.2 Å². The molecule has 1 atom stereocenters. The predicted octanol–water partition coefficient (Wildman–Crippen LogP) is -2.02. The molecule has 1 unspecified atom stereocenters. The molecule has 0 spiro atoms. The quantitative estimate of drug-likeness (QED) is 0.552. The van der Waals surface area contributed by atoms with E-state index in [2.05, 4.69) is 5.32 Å². The van der Waals surface area contributed by atoms with Crippen LogP contribution in [0.25, 0.3) is 0 Å². The number of benzene rings is 1. The zero-order chi connectivity index (χ0) is 17.1. The fourth-order valence-corrected chi connectivity index (χ4v) is 2.24. The van der Waals surface area contributed by atoms with Gasteiger partial charge in [-0.1, -0.05) is 17.7 Å². The molecular formula is C13H13Cl2N3O5. The summed E-state index contributed by atoms with van der Waals surface area (Å²) in [6, 6.07) is 7.18. The summed E-state index contributed by atoms with van der Waals surface area (Å²) >= 11 is 5.88. The fourth-order valence-electron chi connectivity index (χ4n) is 2.11. The summed E-state index contributed by atoms with van der Waals surface area (Å²) in [5, 5.41) is 16.4.